The predicted octanol–water partition coefficient (Wildman–Crippen LogP) is 1.06. The van der Waals surface area contributed by atoms with E-state index in [9.17, 15) is 9.90 Å². The van der Waals surface area contributed by atoms with Crippen molar-refractivity contribution >= 4 is 5.78 Å². The van der Waals surface area contributed by atoms with Gasteiger partial charge in [-0.15, -0.1) is 0 Å². The fraction of sp³-hybridized carbons (Fsp3) is 0.588. The van der Waals surface area contributed by atoms with E-state index in [0.29, 0.717) is 18.6 Å². The maximum atomic E-state index is 12.6. The monoisotopic (exact) mass is 301 g/mol. The summed E-state index contributed by atoms with van der Waals surface area (Å²) in [6.07, 6.45) is 2.32. The first-order valence-electron chi connectivity index (χ1n) is 7.97. The SMILES string of the molecule is CO[C@@]12CCC(=O)[C@@H]3Oc4c(O)ccc5c4[C@@]31CCN[C@@H]2C5. The second-order valence-electron chi connectivity index (χ2n) is 6.94. The molecule has 2 N–H and O–H groups in total. The topological polar surface area (TPSA) is 67.8 Å². The van der Waals surface area contributed by atoms with Crippen LogP contribution < -0.4 is 10.1 Å². The highest BCUT2D eigenvalue weighted by Gasteiger charge is 2.72. The molecule has 2 fully saturated rings. The van der Waals surface area contributed by atoms with E-state index in [1.165, 1.54) is 5.56 Å². The number of carbonyl (C=O) groups excluding carboxylic acids is 1. The van der Waals surface area contributed by atoms with E-state index < -0.39 is 17.1 Å². The number of aromatic hydroxyl groups is 1. The van der Waals surface area contributed by atoms with Crippen molar-refractivity contribution in [3.8, 4) is 11.5 Å². The van der Waals surface area contributed by atoms with Crippen LogP contribution in [-0.4, -0.2) is 42.3 Å². The van der Waals surface area contributed by atoms with E-state index in [1.54, 1.807) is 13.2 Å². The number of Topliss-reactive ketones (excluding diaryl/α,β-unsaturated/α-hetero) is 1. The molecular formula is C17H19NO4. The van der Waals surface area contributed by atoms with Crippen molar-refractivity contribution in [2.45, 2.75) is 48.8 Å². The first kappa shape index (κ1) is 12.9. The van der Waals surface area contributed by atoms with E-state index in [4.69, 9.17) is 9.47 Å². The average Bonchev–Trinajstić information content (AvgIpc) is 2.86. The number of hydrogen-bond donors (Lipinski definition) is 2. The van der Waals surface area contributed by atoms with Gasteiger partial charge in [0.1, 0.15) is 0 Å². The van der Waals surface area contributed by atoms with E-state index in [1.807, 2.05) is 6.07 Å². The van der Waals surface area contributed by atoms with Crippen molar-refractivity contribution in [1.29, 1.82) is 0 Å². The molecular weight excluding hydrogens is 282 g/mol. The zero-order valence-electron chi connectivity index (χ0n) is 12.5. The summed E-state index contributed by atoms with van der Waals surface area (Å²) >= 11 is 0. The minimum atomic E-state index is -0.520. The van der Waals surface area contributed by atoms with E-state index in [2.05, 4.69) is 5.32 Å². The van der Waals surface area contributed by atoms with Crippen LogP contribution in [0.3, 0.4) is 0 Å². The minimum absolute atomic E-state index is 0.136. The zero-order valence-corrected chi connectivity index (χ0v) is 12.5. The van der Waals surface area contributed by atoms with Crippen LogP contribution in [0, 0.1) is 0 Å². The van der Waals surface area contributed by atoms with Gasteiger partial charge < -0.3 is 19.9 Å². The number of piperidine rings is 1. The van der Waals surface area contributed by atoms with Crippen molar-refractivity contribution < 1.29 is 19.4 Å². The first-order chi connectivity index (χ1) is 10.6. The minimum Gasteiger partial charge on any atom is -0.504 e. The molecule has 1 saturated carbocycles. The molecule has 22 heavy (non-hydrogen) atoms. The molecule has 4 atom stereocenters. The van der Waals surface area contributed by atoms with Crippen LogP contribution in [0.1, 0.15) is 30.4 Å². The second kappa shape index (κ2) is 3.84. The number of phenolic OH excluding ortho intramolecular Hbond substituents is 1. The third-order valence-corrected chi connectivity index (χ3v) is 6.40. The molecule has 1 aromatic rings. The molecule has 5 nitrogen and oxygen atoms in total. The molecule has 0 amide bonds. The standard InChI is InChI=1S/C17H19NO4/c1-21-17-5-4-11(20)15-16(17)6-7-18-12(17)8-9-2-3-10(19)14(22-15)13(9)16/h2-3,12,15,18-19H,4-8H2,1H3/t12-,15+,16+,17-/m1/s1. The molecule has 116 valence electrons. The normalized spacial score (nSPS) is 41.0. The predicted molar refractivity (Wildman–Crippen MR) is 78.3 cm³/mol. The summed E-state index contributed by atoms with van der Waals surface area (Å²) in [6.45, 7) is 0.845. The third kappa shape index (κ3) is 1.13. The van der Waals surface area contributed by atoms with Crippen LogP contribution in [-0.2, 0) is 21.4 Å². The molecule has 5 heteroatoms. The maximum absolute atomic E-state index is 12.6. The Balaban J connectivity index is 1.89. The van der Waals surface area contributed by atoms with Crippen molar-refractivity contribution in [3.63, 3.8) is 0 Å². The Labute approximate surface area is 128 Å². The summed E-state index contributed by atoms with van der Waals surface area (Å²) in [5.41, 5.74) is 1.34. The van der Waals surface area contributed by atoms with Gasteiger partial charge in [-0.2, -0.15) is 0 Å². The van der Waals surface area contributed by atoms with Crippen LogP contribution >= 0.6 is 0 Å². The summed E-state index contributed by atoms with van der Waals surface area (Å²) in [5, 5.41) is 13.9. The highest BCUT2D eigenvalue weighted by atomic mass is 16.5. The molecule has 2 aliphatic carbocycles. The number of rotatable bonds is 1. The quantitative estimate of drug-likeness (QED) is 0.812. The lowest BCUT2D eigenvalue weighted by Gasteiger charge is -2.61. The van der Waals surface area contributed by atoms with Crippen LogP contribution in [0.4, 0.5) is 0 Å². The summed E-state index contributed by atoms with van der Waals surface area (Å²) in [4.78, 5) is 12.6. The Morgan fingerprint density at radius 1 is 1.41 bits per heavy atom. The van der Waals surface area contributed by atoms with Crippen LogP contribution in [0.15, 0.2) is 12.1 Å². The van der Waals surface area contributed by atoms with Gasteiger partial charge in [0.15, 0.2) is 23.4 Å². The Morgan fingerprint density at radius 2 is 2.27 bits per heavy atom. The van der Waals surface area contributed by atoms with Gasteiger partial charge in [0, 0.05) is 25.1 Å². The van der Waals surface area contributed by atoms with E-state index in [-0.39, 0.29) is 17.6 Å². The molecule has 1 aromatic carbocycles. The zero-order chi connectivity index (χ0) is 15.1. The summed E-state index contributed by atoms with van der Waals surface area (Å²) in [5.74, 6) is 0.786. The van der Waals surface area contributed by atoms with Gasteiger partial charge in [-0.3, -0.25) is 4.79 Å². The van der Waals surface area contributed by atoms with Crippen molar-refractivity contribution in [2.75, 3.05) is 13.7 Å². The second-order valence-corrected chi connectivity index (χ2v) is 6.94. The average molecular weight is 301 g/mol. The molecule has 5 rings (SSSR count). The molecule has 4 aliphatic rings. The van der Waals surface area contributed by atoms with E-state index >= 15 is 0 Å². The lowest BCUT2D eigenvalue weighted by Crippen LogP contribution is -2.76. The lowest BCUT2D eigenvalue weighted by molar-refractivity contribution is -0.177. The Hall–Kier alpha value is -1.59. The number of nitrogens with one attached hydrogen (secondary N) is 1. The van der Waals surface area contributed by atoms with Crippen LogP contribution in [0.5, 0.6) is 11.5 Å². The maximum Gasteiger partial charge on any atom is 0.174 e. The number of hydrogen-bond acceptors (Lipinski definition) is 5. The fourth-order valence-corrected chi connectivity index (χ4v) is 5.62. The number of methoxy groups -OCH3 is 1. The summed E-state index contributed by atoms with van der Waals surface area (Å²) in [7, 11) is 1.75. The van der Waals surface area contributed by atoms with Gasteiger partial charge >= 0.3 is 0 Å². The molecule has 0 unspecified atom stereocenters. The highest BCUT2D eigenvalue weighted by Crippen LogP contribution is 2.64. The number of ether oxygens (including phenoxy) is 2. The largest absolute Gasteiger partial charge is 0.504 e. The fourth-order valence-electron chi connectivity index (χ4n) is 5.62. The smallest absolute Gasteiger partial charge is 0.174 e. The Kier molecular flexibility index (Phi) is 2.25. The van der Waals surface area contributed by atoms with E-state index in [0.717, 1.165) is 24.9 Å². The number of phenols is 1. The lowest BCUT2D eigenvalue weighted by atomic mass is 9.49. The van der Waals surface area contributed by atoms with Gasteiger partial charge in [0.25, 0.3) is 0 Å². The summed E-state index contributed by atoms with van der Waals surface area (Å²) in [6, 6.07) is 3.84. The molecule has 0 aromatic heterocycles. The Morgan fingerprint density at radius 3 is 3.09 bits per heavy atom. The van der Waals surface area contributed by atoms with Crippen molar-refractivity contribution in [3.05, 3.63) is 23.3 Å². The number of ketones is 1. The molecule has 2 aliphatic heterocycles. The molecule has 2 heterocycles. The number of carbonyl (C=O) groups is 1. The van der Waals surface area contributed by atoms with Gasteiger partial charge in [-0.25, -0.2) is 0 Å². The highest BCUT2D eigenvalue weighted by molar-refractivity contribution is 5.90. The Bertz CT molecular complexity index is 702. The van der Waals surface area contributed by atoms with Gasteiger partial charge in [0.05, 0.1) is 11.0 Å². The van der Waals surface area contributed by atoms with Crippen molar-refractivity contribution in [1.82, 2.24) is 5.32 Å². The summed E-state index contributed by atoms with van der Waals surface area (Å²) < 4.78 is 12.2. The van der Waals surface area contributed by atoms with Crippen LogP contribution in [0.2, 0.25) is 0 Å². The molecule has 0 radical (unpaired) electrons. The van der Waals surface area contributed by atoms with Gasteiger partial charge in [-0.05, 0) is 37.4 Å². The third-order valence-electron chi connectivity index (χ3n) is 6.40. The molecule has 2 bridgehead atoms. The van der Waals surface area contributed by atoms with Crippen molar-refractivity contribution in [2.24, 2.45) is 0 Å². The molecule has 1 saturated heterocycles. The van der Waals surface area contributed by atoms with Gasteiger partial charge in [0.2, 0.25) is 0 Å². The van der Waals surface area contributed by atoms with Gasteiger partial charge in [-0.1, -0.05) is 6.07 Å². The van der Waals surface area contributed by atoms with Crippen LogP contribution in [0.25, 0.3) is 0 Å². The number of benzene rings is 1. The molecule has 1 spiro atoms. The first-order valence-corrected chi connectivity index (χ1v) is 7.97.